The fourth-order valence-corrected chi connectivity index (χ4v) is 3.77. The first-order chi connectivity index (χ1) is 16.1. The predicted octanol–water partition coefficient (Wildman–Crippen LogP) is 2.99. The Labute approximate surface area is 189 Å². The van der Waals surface area contributed by atoms with E-state index in [-0.39, 0.29) is 24.3 Å². The molecule has 0 bridgehead atoms. The molecule has 0 saturated carbocycles. The van der Waals surface area contributed by atoms with Crippen LogP contribution in [-0.2, 0) is 13.1 Å². The third-order valence-electron chi connectivity index (χ3n) is 5.48. The number of fused-ring (bicyclic) bond motifs is 1. The number of benzene rings is 3. The standard InChI is InChI=1S/C25H19N5O3/c31-23(27-13-17-8-10-20(11-9-17)30-16-26-15-28-30)19-5-3-4-18(12-19)14-29-24(32)21-6-1-2-7-22(21)25(29)33/h1-12,15-16H,13-14H2,(H,27,31). The van der Waals surface area contributed by atoms with Crippen LogP contribution in [0.3, 0.4) is 0 Å². The zero-order valence-corrected chi connectivity index (χ0v) is 17.5. The number of amides is 3. The van der Waals surface area contributed by atoms with Crippen LogP contribution >= 0.6 is 0 Å². The monoisotopic (exact) mass is 437 g/mol. The molecule has 3 aromatic carbocycles. The second-order valence-electron chi connectivity index (χ2n) is 7.63. The number of imide groups is 1. The molecule has 162 valence electrons. The van der Waals surface area contributed by atoms with Gasteiger partial charge in [-0.15, -0.1) is 0 Å². The van der Waals surface area contributed by atoms with Crippen LogP contribution in [-0.4, -0.2) is 37.4 Å². The van der Waals surface area contributed by atoms with Crippen molar-refractivity contribution in [3.05, 3.63) is 113 Å². The molecular weight excluding hydrogens is 418 g/mol. The van der Waals surface area contributed by atoms with E-state index < -0.39 is 0 Å². The molecule has 1 aliphatic heterocycles. The molecule has 0 radical (unpaired) electrons. The number of nitrogens with one attached hydrogen (secondary N) is 1. The number of aromatic nitrogens is 3. The van der Waals surface area contributed by atoms with E-state index in [0.29, 0.717) is 28.8 Å². The lowest BCUT2D eigenvalue weighted by Gasteiger charge is -2.14. The summed E-state index contributed by atoms with van der Waals surface area (Å²) in [6, 6.07) is 21.3. The van der Waals surface area contributed by atoms with Gasteiger partial charge in [-0.3, -0.25) is 19.3 Å². The summed E-state index contributed by atoms with van der Waals surface area (Å²) in [5.74, 6) is -0.876. The minimum absolute atomic E-state index is 0.108. The molecular formula is C25H19N5O3. The Bertz CT molecular complexity index is 1310. The van der Waals surface area contributed by atoms with Gasteiger partial charge in [0.05, 0.1) is 23.4 Å². The van der Waals surface area contributed by atoms with E-state index in [0.717, 1.165) is 11.3 Å². The van der Waals surface area contributed by atoms with Crippen molar-refractivity contribution in [3.8, 4) is 5.69 Å². The van der Waals surface area contributed by atoms with Crippen molar-refractivity contribution in [1.82, 2.24) is 25.0 Å². The quantitative estimate of drug-likeness (QED) is 0.468. The highest BCUT2D eigenvalue weighted by atomic mass is 16.2. The van der Waals surface area contributed by atoms with Crippen molar-refractivity contribution in [2.45, 2.75) is 13.1 Å². The highest BCUT2D eigenvalue weighted by Gasteiger charge is 2.34. The zero-order valence-electron chi connectivity index (χ0n) is 17.5. The van der Waals surface area contributed by atoms with Crippen LogP contribution in [0.4, 0.5) is 0 Å². The van der Waals surface area contributed by atoms with E-state index in [4.69, 9.17) is 0 Å². The second-order valence-corrected chi connectivity index (χ2v) is 7.63. The van der Waals surface area contributed by atoms with E-state index in [2.05, 4.69) is 15.4 Å². The van der Waals surface area contributed by atoms with Gasteiger partial charge in [-0.05, 0) is 47.5 Å². The highest BCUT2D eigenvalue weighted by Crippen LogP contribution is 2.24. The van der Waals surface area contributed by atoms with Gasteiger partial charge in [0.1, 0.15) is 12.7 Å². The number of hydrogen-bond acceptors (Lipinski definition) is 5. The average molecular weight is 437 g/mol. The summed E-state index contributed by atoms with van der Waals surface area (Å²) in [6.45, 7) is 0.469. The molecule has 33 heavy (non-hydrogen) atoms. The zero-order chi connectivity index (χ0) is 22.8. The Morgan fingerprint density at radius 2 is 1.58 bits per heavy atom. The van der Waals surface area contributed by atoms with Gasteiger partial charge in [-0.2, -0.15) is 5.10 Å². The van der Waals surface area contributed by atoms with Gasteiger partial charge in [0.15, 0.2) is 0 Å². The van der Waals surface area contributed by atoms with Crippen molar-refractivity contribution in [2.24, 2.45) is 0 Å². The lowest BCUT2D eigenvalue weighted by molar-refractivity contribution is 0.0642. The van der Waals surface area contributed by atoms with Crippen LogP contribution in [0.15, 0.2) is 85.5 Å². The Balaban J connectivity index is 1.23. The van der Waals surface area contributed by atoms with Crippen molar-refractivity contribution in [1.29, 1.82) is 0 Å². The van der Waals surface area contributed by atoms with Crippen molar-refractivity contribution in [3.63, 3.8) is 0 Å². The van der Waals surface area contributed by atoms with Gasteiger partial charge in [-0.1, -0.05) is 36.4 Å². The molecule has 8 nitrogen and oxygen atoms in total. The molecule has 4 aromatic rings. The van der Waals surface area contributed by atoms with Crippen LogP contribution in [0.2, 0.25) is 0 Å². The Morgan fingerprint density at radius 3 is 2.24 bits per heavy atom. The third kappa shape index (κ3) is 4.01. The largest absolute Gasteiger partial charge is 0.348 e. The third-order valence-corrected chi connectivity index (χ3v) is 5.48. The summed E-state index contributed by atoms with van der Waals surface area (Å²) in [7, 11) is 0. The number of hydrogen-bond donors (Lipinski definition) is 1. The predicted molar refractivity (Wildman–Crippen MR) is 120 cm³/mol. The number of carbonyl (C=O) groups is 3. The molecule has 0 spiro atoms. The maximum Gasteiger partial charge on any atom is 0.261 e. The summed E-state index contributed by atoms with van der Waals surface area (Å²) in [5.41, 5.74) is 3.80. The fourth-order valence-electron chi connectivity index (χ4n) is 3.77. The molecule has 8 heteroatoms. The van der Waals surface area contributed by atoms with E-state index >= 15 is 0 Å². The van der Waals surface area contributed by atoms with Gasteiger partial charge in [0.2, 0.25) is 0 Å². The summed E-state index contributed by atoms with van der Waals surface area (Å²) in [5, 5.41) is 6.99. The van der Waals surface area contributed by atoms with Crippen LogP contribution < -0.4 is 5.32 Å². The minimum Gasteiger partial charge on any atom is -0.348 e. The van der Waals surface area contributed by atoms with E-state index in [1.54, 1.807) is 59.5 Å². The second kappa shape index (κ2) is 8.51. The first-order valence-corrected chi connectivity index (χ1v) is 10.4. The minimum atomic E-state index is -0.320. The molecule has 0 saturated heterocycles. The Kier molecular flexibility index (Phi) is 5.24. The molecule has 3 amide bonds. The normalized spacial score (nSPS) is 12.7. The number of rotatable bonds is 6. The first-order valence-electron chi connectivity index (χ1n) is 10.4. The van der Waals surface area contributed by atoms with Crippen molar-refractivity contribution in [2.75, 3.05) is 0 Å². The molecule has 1 aliphatic rings. The van der Waals surface area contributed by atoms with Crippen molar-refractivity contribution >= 4 is 17.7 Å². The molecule has 2 heterocycles. The summed E-state index contributed by atoms with van der Waals surface area (Å²) < 4.78 is 1.65. The molecule has 5 rings (SSSR count). The molecule has 0 atom stereocenters. The van der Waals surface area contributed by atoms with E-state index in [1.807, 2.05) is 24.3 Å². The first kappa shape index (κ1) is 20.3. The molecule has 1 N–H and O–H groups in total. The lowest BCUT2D eigenvalue weighted by atomic mass is 10.1. The van der Waals surface area contributed by atoms with Crippen LogP contribution in [0.5, 0.6) is 0 Å². The summed E-state index contributed by atoms with van der Waals surface area (Å²) in [4.78, 5) is 43.0. The van der Waals surface area contributed by atoms with Gasteiger partial charge >= 0.3 is 0 Å². The maximum atomic E-state index is 12.7. The molecule has 0 unspecified atom stereocenters. The van der Waals surface area contributed by atoms with E-state index in [9.17, 15) is 14.4 Å². The lowest BCUT2D eigenvalue weighted by Crippen LogP contribution is -2.29. The maximum absolute atomic E-state index is 12.7. The number of nitrogens with zero attached hydrogens (tertiary/aromatic N) is 4. The van der Waals surface area contributed by atoms with Gasteiger partial charge in [-0.25, -0.2) is 9.67 Å². The Morgan fingerprint density at radius 1 is 0.848 bits per heavy atom. The summed E-state index contributed by atoms with van der Waals surface area (Å²) >= 11 is 0. The van der Waals surface area contributed by atoms with Gasteiger partial charge in [0, 0.05) is 12.1 Å². The number of carbonyl (C=O) groups excluding carboxylic acids is 3. The summed E-state index contributed by atoms with van der Waals surface area (Å²) in [6.07, 6.45) is 3.09. The highest BCUT2D eigenvalue weighted by molar-refractivity contribution is 6.21. The van der Waals surface area contributed by atoms with Crippen LogP contribution in [0, 0.1) is 0 Å². The smallest absolute Gasteiger partial charge is 0.261 e. The van der Waals surface area contributed by atoms with Gasteiger partial charge in [0.25, 0.3) is 17.7 Å². The fraction of sp³-hybridized carbons (Fsp3) is 0.0800. The Hall–Kier alpha value is -4.59. The van der Waals surface area contributed by atoms with E-state index in [1.165, 1.54) is 11.2 Å². The SMILES string of the molecule is O=C(NCc1ccc(-n2cncn2)cc1)c1cccc(CN2C(=O)c3ccccc3C2=O)c1. The topological polar surface area (TPSA) is 97.2 Å². The molecule has 0 aliphatic carbocycles. The van der Waals surface area contributed by atoms with Crippen LogP contribution in [0.1, 0.15) is 42.2 Å². The van der Waals surface area contributed by atoms with Crippen molar-refractivity contribution < 1.29 is 14.4 Å². The molecule has 0 fully saturated rings. The van der Waals surface area contributed by atoms with Crippen LogP contribution in [0.25, 0.3) is 5.69 Å². The average Bonchev–Trinajstić information content (AvgIpc) is 3.47. The van der Waals surface area contributed by atoms with Gasteiger partial charge < -0.3 is 5.32 Å². The molecule has 1 aromatic heterocycles.